The van der Waals surface area contributed by atoms with Gasteiger partial charge in [0.2, 0.25) is 0 Å². The Morgan fingerprint density at radius 3 is 2.53 bits per heavy atom. The molecule has 19 heavy (non-hydrogen) atoms. The van der Waals surface area contributed by atoms with Gasteiger partial charge in [-0.15, -0.1) is 12.4 Å². The summed E-state index contributed by atoms with van der Waals surface area (Å²) < 4.78 is 42.6. The predicted octanol–water partition coefficient (Wildman–Crippen LogP) is 1.58. The normalized spacial score (nSPS) is 10.5. The van der Waals surface area contributed by atoms with E-state index in [9.17, 15) is 18.0 Å². The van der Waals surface area contributed by atoms with Crippen LogP contribution in [0.2, 0.25) is 0 Å². The Balaban J connectivity index is 0.00000324. The maximum atomic E-state index is 12.6. The molecule has 3 N–H and O–H groups in total. The van der Waals surface area contributed by atoms with E-state index in [1.807, 2.05) is 0 Å². The number of halogens is 4. The van der Waals surface area contributed by atoms with Gasteiger partial charge in [-0.2, -0.15) is 13.2 Å². The number of benzene rings is 1. The van der Waals surface area contributed by atoms with Crippen LogP contribution in [0.1, 0.15) is 5.56 Å². The zero-order chi connectivity index (χ0) is 13.6. The molecule has 0 bridgehead atoms. The van der Waals surface area contributed by atoms with Crippen molar-refractivity contribution in [2.75, 3.05) is 19.7 Å². The zero-order valence-corrected chi connectivity index (χ0v) is 10.7. The molecule has 1 aromatic rings. The van der Waals surface area contributed by atoms with E-state index in [1.165, 1.54) is 18.2 Å². The lowest BCUT2D eigenvalue weighted by molar-refractivity contribution is -0.139. The number of nitrogens with two attached hydrogens (primary N) is 1. The minimum atomic E-state index is -4.51. The van der Waals surface area contributed by atoms with Crippen LogP contribution < -0.4 is 15.8 Å². The van der Waals surface area contributed by atoms with Gasteiger partial charge in [0.15, 0.2) is 6.61 Å². The van der Waals surface area contributed by atoms with Gasteiger partial charge in [0.25, 0.3) is 5.91 Å². The minimum Gasteiger partial charge on any atom is -0.483 e. The molecule has 0 aromatic heterocycles. The summed E-state index contributed by atoms with van der Waals surface area (Å²) in [5.74, 6) is -0.884. The lowest BCUT2D eigenvalue weighted by Crippen LogP contribution is -2.33. The molecule has 0 radical (unpaired) electrons. The highest BCUT2D eigenvalue weighted by Crippen LogP contribution is 2.35. The van der Waals surface area contributed by atoms with Gasteiger partial charge in [0, 0.05) is 13.1 Å². The number of nitrogens with one attached hydrogen (secondary N) is 1. The smallest absolute Gasteiger partial charge is 0.419 e. The van der Waals surface area contributed by atoms with Gasteiger partial charge in [-0.05, 0) is 12.1 Å². The van der Waals surface area contributed by atoms with Crippen molar-refractivity contribution in [3.63, 3.8) is 0 Å². The van der Waals surface area contributed by atoms with E-state index in [0.29, 0.717) is 0 Å². The molecule has 0 atom stereocenters. The Kier molecular flexibility index (Phi) is 7.25. The summed E-state index contributed by atoms with van der Waals surface area (Å²) in [5.41, 5.74) is 4.26. The molecule has 0 spiro atoms. The summed E-state index contributed by atoms with van der Waals surface area (Å²) in [6, 6.07) is 4.72. The lowest BCUT2D eigenvalue weighted by atomic mass is 10.2. The summed E-state index contributed by atoms with van der Waals surface area (Å²) >= 11 is 0. The van der Waals surface area contributed by atoms with Crippen molar-refractivity contribution >= 4 is 18.3 Å². The van der Waals surface area contributed by atoms with E-state index in [4.69, 9.17) is 10.5 Å². The molecule has 0 aliphatic rings. The van der Waals surface area contributed by atoms with E-state index in [2.05, 4.69) is 5.32 Å². The summed E-state index contributed by atoms with van der Waals surface area (Å²) in [4.78, 5) is 11.2. The molecular weight excluding hydrogens is 285 g/mol. The first-order valence-corrected chi connectivity index (χ1v) is 5.21. The average Bonchev–Trinajstić information content (AvgIpc) is 2.33. The largest absolute Gasteiger partial charge is 0.483 e. The number of rotatable bonds is 5. The molecule has 0 unspecified atom stereocenters. The van der Waals surface area contributed by atoms with Gasteiger partial charge < -0.3 is 15.8 Å². The van der Waals surface area contributed by atoms with Crippen LogP contribution in [0.3, 0.4) is 0 Å². The molecule has 1 amide bonds. The van der Waals surface area contributed by atoms with E-state index in [0.717, 1.165) is 6.07 Å². The van der Waals surface area contributed by atoms with Gasteiger partial charge in [0.05, 0.1) is 5.56 Å². The number of para-hydroxylation sites is 1. The van der Waals surface area contributed by atoms with E-state index in [-0.39, 0.29) is 31.2 Å². The molecule has 8 heteroatoms. The van der Waals surface area contributed by atoms with E-state index >= 15 is 0 Å². The first kappa shape index (κ1) is 17.5. The highest BCUT2D eigenvalue weighted by atomic mass is 35.5. The third-order valence-corrected chi connectivity index (χ3v) is 2.02. The number of ether oxygens (including phenoxy) is 1. The fourth-order valence-corrected chi connectivity index (χ4v) is 1.23. The quantitative estimate of drug-likeness (QED) is 0.867. The number of amides is 1. The number of carbonyl (C=O) groups excluding carboxylic acids is 1. The summed E-state index contributed by atoms with van der Waals surface area (Å²) in [5, 5.41) is 2.39. The Labute approximate surface area is 114 Å². The third-order valence-electron chi connectivity index (χ3n) is 2.02. The Bertz CT molecular complexity index is 413. The molecule has 0 fully saturated rings. The summed E-state index contributed by atoms with van der Waals surface area (Å²) in [6.07, 6.45) is -4.51. The van der Waals surface area contributed by atoms with E-state index < -0.39 is 24.3 Å². The van der Waals surface area contributed by atoms with Gasteiger partial charge >= 0.3 is 6.18 Å². The second-order valence-corrected chi connectivity index (χ2v) is 3.42. The third kappa shape index (κ3) is 5.80. The summed E-state index contributed by atoms with van der Waals surface area (Å²) in [6.45, 7) is 0.0289. The molecule has 0 aliphatic heterocycles. The molecule has 4 nitrogen and oxygen atoms in total. The van der Waals surface area contributed by atoms with Gasteiger partial charge in [-0.3, -0.25) is 4.79 Å². The molecule has 1 rings (SSSR count). The average molecular weight is 299 g/mol. The van der Waals surface area contributed by atoms with Crippen molar-refractivity contribution in [1.82, 2.24) is 5.32 Å². The van der Waals surface area contributed by atoms with Crippen LogP contribution >= 0.6 is 12.4 Å². The first-order valence-electron chi connectivity index (χ1n) is 5.21. The lowest BCUT2D eigenvalue weighted by Gasteiger charge is -2.13. The van der Waals surface area contributed by atoms with E-state index in [1.54, 1.807) is 0 Å². The number of alkyl halides is 3. The molecule has 1 aromatic carbocycles. The maximum absolute atomic E-state index is 12.6. The molecule has 0 saturated heterocycles. The molecule has 0 aliphatic carbocycles. The molecule has 0 saturated carbocycles. The Morgan fingerprint density at radius 1 is 1.32 bits per heavy atom. The Hall–Kier alpha value is -1.47. The van der Waals surface area contributed by atoms with Crippen molar-refractivity contribution in [3.05, 3.63) is 29.8 Å². The van der Waals surface area contributed by atoms with Crippen LogP contribution in [0, 0.1) is 0 Å². The number of hydrogen-bond donors (Lipinski definition) is 2. The molecule has 108 valence electrons. The second-order valence-electron chi connectivity index (χ2n) is 3.42. The van der Waals surface area contributed by atoms with Crippen molar-refractivity contribution in [2.24, 2.45) is 5.73 Å². The fraction of sp³-hybridized carbons (Fsp3) is 0.364. The van der Waals surface area contributed by atoms with Crippen molar-refractivity contribution < 1.29 is 22.7 Å². The SMILES string of the molecule is Cl.NCCNC(=O)COc1ccccc1C(F)(F)F. The first-order chi connectivity index (χ1) is 8.45. The number of carbonyl (C=O) groups is 1. The second kappa shape index (κ2) is 7.85. The highest BCUT2D eigenvalue weighted by Gasteiger charge is 2.34. The summed E-state index contributed by atoms with van der Waals surface area (Å²) in [7, 11) is 0. The van der Waals surface area contributed by atoms with Crippen LogP contribution in [0.5, 0.6) is 5.75 Å². The monoisotopic (exact) mass is 298 g/mol. The van der Waals surface area contributed by atoms with Crippen LogP contribution in [0.25, 0.3) is 0 Å². The van der Waals surface area contributed by atoms with Gasteiger partial charge in [0.1, 0.15) is 5.75 Å². The van der Waals surface area contributed by atoms with Crippen molar-refractivity contribution in [2.45, 2.75) is 6.18 Å². The van der Waals surface area contributed by atoms with Crippen LogP contribution in [0.4, 0.5) is 13.2 Å². The minimum absolute atomic E-state index is 0. The topological polar surface area (TPSA) is 64.3 Å². The zero-order valence-electron chi connectivity index (χ0n) is 9.87. The van der Waals surface area contributed by atoms with Crippen LogP contribution in [-0.4, -0.2) is 25.6 Å². The fourth-order valence-electron chi connectivity index (χ4n) is 1.23. The van der Waals surface area contributed by atoms with Crippen LogP contribution in [0.15, 0.2) is 24.3 Å². The van der Waals surface area contributed by atoms with Crippen molar-refractivity contribution in [1.29, 1.82) is 0 Å². The predicted molar refractivity (Wildman–Crippen MR) is 66.3 cm³/mol. The standard InChI is InChI=1S/C11H13F3N2O2.ClH/c12-11(13,14)8-3-1-2-4-9(8)18-7-10(17)16-6-5-15;/h1-4H,5-7,15H2,(H,16,17);1H. The number of hydrogen-bond acceptors (Lipinski definition) is 3. The highest BCUT2D eigenvalue weighted by molar-refractivity contribution is 5.85. The van der Waals surface area contributed by atoms with Crippen LogP contribution in [-0.2, 0) is 11.0 Å². The van der Waals surface area contributed by atoms with Gasteiger partial charge in [-0.25, -0.2) is 0 Å². The van der Waals surface area contributed by atoms with Crippen molar-refractivity contribution in [3.8, 4) is 5.75 Å². The van der Waals surface area contributed by atoms with Gasteiger partial charge in [-0.1, -0.05) is 12.1 Å². The molecule has 0 heterocycles. The Morgan fingerprint density at radius 2 is 1.95 bits per heavy atom. The molecular formula is C11H14ClF3N2O2. The maximum Gasteiger partial charge on any atom is 0.419 e.